The van der Waals surface area contributed by atoms with Gasteiger partial charge in [0.05, 0.1) is 6.26 Å². The monoisotopic (exact) mass is 282 g/mol. The number of unbranched alkanes of at least 4 members (excludes halogenated alkanes) is 1. The molecule has 7 heteroatoms. The van der Waals surface area contributed by atoms with Crippen LogP contribution in [0.4, 0.5) is 0 Å². The van der Waals surface area contributed by atoms with Gasteiger partial charge in [0.2, 0.25) is 5.09 Å². The van der Waals surface area contributed by atoms with E-state index in [2.05, 4.69) is 11.6 Å². The molecular formula is C10H19ClN2O3S. The first-order valence-electron chi connectivity index (χ1n) is 5.36. The van der Waals surface area contributed by atoms with E-state index in [0.29, 0.717) is 6.54 Å². The van der Waals surface area contributed by atoms with E-state index in [4.69, 9.17) is 10.2 Å². The van der Waals surface area contributed by atoms with Crippen molar-refractivity contribution in [3.05, 3.63) is 18.4 Å². The van der Waals surface area contributed by atoms with Gasteiger partial charge in [0, 0.05) is 12.6 Å². The second-order valence-electron chi connectivity index (χ2n) is 3.63. The molecule has 0 aromatic carbocycles. The summed E-state index contributed by atoms with van der Waals surface area (Å²) < 4.78 is 30.9. The lowest BCUT2D eigenvalue weighted by atomic mass is 10.1. The first-order chi connectivity index (χ1) is 7.60. The van der Waals surface area contributed by atoms with Crippen molar-refractivity contribution in [1.82, 2.24) is 4.72 Å². The van der Waals surface area contributed by atoms with E-state index < -0.39 is 10.0 Å². The highest BCUT2D eigenvalue weighted by Gasteiger charge is 2.20. The van der Waals surface area contributed by atoms with E-state index in [9.17, 15) is 8.42 Å². The van der Waals surface area contributed by atoms with Crippen molar-refractivity contribution in [2.24, 2.45) is 5.73 Å². The van der Waals surface area contributed by atoms with Crippen LogP contribution in [0.5, 0.6) is 0 Å². The SMILES string of the molecule is CCCCC(CN)NS(=O)(=O)c1ccco1.Cl. The van der Waals surface area contributed by atoms with Gasteiger partial charge in [-0.1, -0.05) is 19.8 Å². The molecule has 0 radical (unpaired) electrons. The molecule has 0 aliphatic rings. The molecule has 1 aromatic rings. The molecule has 1 heterocycles. The molecule has 1 rings (SSSR count). The summed E-state index contributed by atoms with van der Waals surface area (Å²) in [5.41, 5.74) is 5.52. The lowest BCUT2D eigenvalue weighted by Gasteiger charge is -2.15. The molecule has 0 bridgehead atoms. The van der Waals surface area contributed by atoms with E-state index in [1.807, 2.05) is 0 Å². The van der Waals surface area contributed by atoms with Gasteiger partial charge in [-0.25, -0.2) is 13.1 Å². The Labute approximate surface area is 108 Å². The third kappa shape index (κ3) is 5.08. The summed E-state index contributed by atoms with van der Waals surface area (Å²) in [6.45, 7) is 2.34. The van der Waals surface area contributed by atoms with Crippen LogP contribution in [-0.2, 0) is 10.0 Å². The summed E-state index contributed by atoms with van der Waals surface area (Å²) in [5.74, 6) is 0. The van der Waals surface area contributed by atoms with Crippen LogP contribution in [0.2, 0.25) is 0 Å². The first kappa shape index (κ1) is 16.4. The van der Waals surface area contributed by atoms with Crippen molar-refractivity contribution in [3.8, 4) is 0 Å². The van der Waals surface area contributed by atoms with Crippen LogP contribution in [0.3, 0.4) is 0 Å². The Morgan fingerprint density at radius 2 is 2.24 bits per heavy atom. The second kappa shape index (κ2) is 7.71. The highest BCUT2D eigenvalue weighted by atomic mass is 35.5. The largest absolute Gasteiger partial charge is 0.452 e. The molecule has 0 saturated heterocycles. The predicted octanol–water partition coefficient (Wildman–Crippen LogP) is 1.50. The summed E-state index contributed by atoms with van der Waals surface area (Å²) >= 11 is 0. The molecule has 0 aliphatic heterocycles. The fourth-order valence-corrected chi connectivity index (χ4v) is 2.58. The number of rotatable bonds is 7. The van der Waals surface area contributed by atoms with Gasteiger partial charge >= 0.3 is 0 Å². The van der Waals surface area contributed by atoms with Crippen LogP contribution in [0.25, 0.3) is 0 Å². The topological polar surface area (TPSA) is 85.3 Å². The number of halogens is 1. The number of furan rings is 1. The van der Waals surface area contributed by atoms with E-state index in [1.165, 1.54) is 18.4 Å². The molecule has 5 nitrogen and oxygen atoms in total. The second-order valence-corrected chi connectivity index (χ2v) is 5.27. The number of sulfonamides is 1. The molecule has 0 amide bonds. The highest BCUT2D eigenvalue weighted by Crippen LogP contribution is 2.10. The zero-order chi connectivity index (χ0) is 12.0. The van der Waals surface area contributed by atoms with Gasteiger partial charge < -0.3 is 10.2 Å². The third-order valence-electron chi connectivity index (χ3n) is 2.27. The number of hydrogen-bond donors (Lipinski definition) is 2. The van der Waals surface area contributed by atoms with Crippen LogP contribution in [-0.4, -0.2) is 21.0 Å². The molecular weight excluding hydrogens is 264 g/mol. The maximum atomic E-state index is 11.8. The Balaban J connectivity index is 0.00000256. The van der Waals surface area contributed by atoms with Crippen LogP contribution < -0.4 is 10.5 Å². The Morgan fingerprint density at radius 1 is 1.53 bits per heavy atom. The average Bonchev–Trinajstić information content (AvgIpc) is 2.78. The lowest BCUT2D eigenvalue weighted by molar-refractivity contribution is 0.437. The maximum Gasteiger partial charge on any atom is 0.274 e. The quantitative estimate of drug-likeness (QED) is 0.793. The minimum atomic E-state index is -3.56. The Bertz CT molecular complexity index is 392. The number of nitrogens with two attached hydrogens (primary N) is 1. The predicted molar refractivity (Wildman–Crippen MR) is 68.6 cm³/mol. The van der Waals surface area contributed by atoms with Gasteiger partial charge in [-0.3, -0.25) is 0 Å². The third-order valence-corrected chi connectivity index (χ3v) is 3.68. The van der Waals surface area contributed by atoms with Crippen LogP contribution in [0.1, 0.15) is 26.2 Å². The molecule has 0 spiro atoms. The van der Waals surface area contributed by atoms with Gasteiger partial charge in [-0.2, -0.15) is 0 Å². The van der Waals surface area contributed by atoms with E-state index >= 15 is 0 Å². The van der Waals surface area contributed by atoms with Crippen molar-refractivity contribution >= 4 is 22.4 Å². The fraction of sp³-hybridized carbons (Fsp3) is 0.600. The minimum Gasteiger partial charge on any atom is -0.452 e. The Kier molecular flexibility index (Phi) is 7.45. The normalized spacial score (nSPS) is 13.1. The molecule has 1 aromatic heterocycles. The minimum absolute atomic E-state index is 0. The van der Waals surface area contributed by atoms with Crippen molar-refractivity contribution in [1.29, 1.82) is 0 Å². The first-order valence-corrected chi connectivity index (χ1v) is 6.84. The molecule has 0 fully saturated rings. The summed E-state index contributed by atoms with van der Waals surface area (Å²) in [5, 5.41) is -0.0672. The Hall–Kier alpha value is -0.560. The molecule has 1 atom stereocenters. The zero-order valence-electron chi connectivity index (χ0n) is 9.76. The van der Waals surface area contributed by atoms with Gasteiger partial charge in [0.1, 0.15) is 0 Å². The molecule has 0 saturated carbocycles. The smallest absolute Gasteiger partial charge is 0.274 e. The fourth-order valence-electron chi connectivity index (χ4n) is 1.37. The molecule has 3 N–H and O–H groups in total. The summed E-state index contributed by atoms with van der Waals surface area (Å²) in [7, 11) is -3.56. The number of nitrogens with one attached hydrogen (secondary N) is 1. The van der Waals surface area contributed by atoms with Gasteiger partial charge in [-0.05, 0) is 18.6 Å². The van der Waals surface area contributed by atoms with Crippen LogP contribution >= 0.6 is 12.4 Å². The molecule has 17 heavy (non-hydrogen) atoms. The standard InChI is InChI=1S/C10H18N2O3S.ClH/c1-2-3-5-9(8-11)12-16(13,14)10-6-4-7-15-10;/h4,6-7,9,12H,2-3,5,8,11H2,1H3;1H. The van der Waals surface area contributed by atoms with E-state index in [-0.39, 0.29) is 23.5 Å². The Morgan fingerprint density at radius 3 is 2.71 bits per heavy atom. The van der Waals surface area contributed by atoms with E-state index in [1.54, 1.807) is 0 Å². The lowest BCUT2D eigenvalue weighted by Crippen LogP contribution is -2.39. The number of hydrogen-bond acceptors (Lipinski definition) is 4. The van der Waals surface area contributed by atoms with Crippen molar-refractivity contribution in [3.63, 3.8) is 0 Å². The summed E-state index contributed by atoms with van der Waals surface area (Å²) in [6, 6.07) is 2.73. The van der Waals surface area contributed by atoms with Gasteiger partial charge in [-0.15, -0.1) is 12.4 Å². The van der Waals surface area contributed by atoms with Crippen LogP contribution in [0.15, 0.2) is 27.9 Å². The highest BCUT2D eigenvalue weighted by molar-refractivity contribution is 7.89. The van der Waals surface area contributed by atoms with Gasteiger partial charge in [0.15, 0.2) is 0 Å². The van der Waals surface area contributed by atoms with Crippen molar-refractivity contribution in [2.45, 2.75) is 37.3 Å². The summed E-state index contributed by atoms with van der Waals surface area (Å²) in [6.07, 6.45) is 4.03. The summed E-state index contributed by atoms with van der Waals surface area (Å²) in [4.78, 5) is 0. The van der Waals surface area contributed by atoms with Gasteiger partial charge in [0.25, 0.3) is 10.0 Å². The molecule has 0 aliphatic carbocycles. The van der Waals surface area contributed by atoms with Crippen molar-refractivity contribution in [2.75, 3.05) is 6.54 Å². The van der Waals surface area contributed by atoms with Crippen molar-refractivity contribution < 1.29 is 12.8 Å². The van der Waals surface area contributed by atoms with E-state index in [0.717, 1.165) is 19.3 Å². The zero-order valence-corrected chi connectivity index (χ0v) is 11.4. The van der Waals surface area contributed by atoms with Crippen LogP contribution in [0, 0.1) is 0 Å². The average molecular weight is 283 g/mol. The molecule has 1 unspecified atom stereocenters. The maximum absolute atomic E-state index is 11.8. The molecule has 100 valence electrons.